The second-order valence-corrected chi connectivity index (χ2v) is 20.8. The quantitative estimate of drug-likeness (QED) is 0.0205. The van der Waals surface area contributed by atoms with Crippen molar-refractivity contribution in [2.24, 2.45) is 0 Å². The third kappa shape index (κ3) is 48.3. The van der Waals surface area contributed by atoms with Crippen LogP contribution in [-0.4, -0.2) is 74.3 Å². The molecule has 0 rings (SSSR count). The number of ether oxygens (including phenoxy) is 1. The number of unbranched alkanes of at least 4 members (excludes halogenated alkanes) is 22. The van der Waals surface area contributed by atoms with Crippen LogP contribution >= 0.6 is 7.82 Å². The van der Waals surface area contributed by atoms with Gasteiger partial charge in [-0.15, -0.1) is 0 Å². The van der Waals surface area contributed by atoms with Crippen LogP contribution in [0.15, 0.2) is 72.9 Å². The molecule has 3 unspecified atom stereocenters. The first-order valence-electron chi connectivity index (χ1n) is 27.3. The Hall–Kier alpha value is -2.55. The summed E-state index contributed by atoms with van der Waals surface area (Å²) in [5.74, 6) is -0.586. The zero-order chi connectivity index (χ0) is 49.4. The Labute approximate surface area is 413 Å². The van der Waals surface area contributed by atoms with Crippen molar-refractivity contribution in [2.45, 2.75) is 238 Å². The number of likely N-dealkylation sites (N-methyl/N-ethyl adjacent to an activating group) is 1. The van der Waals surface area contributed by atoms with Crippen molar-refractivity contribution in [3.63, 3.8) is 0 Å². The van der Waals surface area contributed by atoms with Crippen molar-refractivity contribution >= 4 is 19.7 Å². The Morgan fingerprint density at radius 1 is 0.522 bits per heavy atom. The highest BCUT2D eigenvalue weighted by Gasteiger charge is 2.30. The van der Waals surface area contributed by atoms with E-state index >= 15 is 0 Å². The number of amides is 1. The number of rotatable bonds is 48. The number of hydrogen-bond donors (Lipinski definition) is 2. The summed E-state index contributed by atoms with van der Waals surface area (Å²) in [5.41, 5.74) is 0. The molecule has 0 bridgehead atoms. The molecule has 0 aliphatic rings. The molecule has 3 atom stereocenters. The summed E-state index contributed by atoms with van der Waals surface area (Å²) in [7, 11) is 1.45. The van der Waals surface area contributed by atoms with E-state index in [0.29, 0.717) is 23.9 Å². The van der Waals surface area contributed by atoms with E-state index in [-0.39, 0.29) is 31.5 Å². The molecule has 2 N–H and O–H groups in total. The maximum Gasteiger partial charge on any atom is 0.472 e. The first-order chi connectivity index (χ1) is 32.4. The number of nitrogens with zero attached hydrogens (tertiary/aromatic N) is 1. The van der Waals surface area contributed by atoms with E-state index in [1.165, 1.54) is 96.3 Å². The van der Waals surface area contributed by atoms with Gasteiger partial charge in [-0.05, 0) is 89.5 Å². The molecule has 0 aliphatic heterocycles. The van der Waals surface area contributed by atoms with E-state index in [1.54, 1.807) is 0 Å². The molecule has 0 aromatic carbocycles. The molecule has 67 heavy (non-hydrogen) atoms. The fraction of sp³-hybridized carbons (Fsp3) is 0.754. The fourth-order valence-electron chi connectivity index (χ4n) is 7.32. The molecule has 0 radical (unpaired) electrons. The van der Waals surface area contributed by atoms with Gasteiger partial charge in [-0.25, -0.2) is 4.57 Å². The highest BCUT2D eigenvalue weighted by Crippen LogP contribution is 2.43. The van der Waals surface area contributed by atoms with Crippen LogP contribution in [0.2, 0.25) is 0 Å². The number of phosphoric ester groups is 1. The Morgan fingerprint density at radius 2 is 0.940 bits per heavy atom. The van der Waals surface area contributed by atoms with Crippen molar-refractivity contribution in [3.05, 3.63) is 72.9 Å². The first kappa shape index (κ1) is 64.5. The van der Waals surface area contributed by atoms with Gasteiger partial charge in [0.2, 0.25) is 5.91 Å². The van der Waals surface area contributed by atoms with Crippen molar-refractivity contribution in [1.82, 2.24) is 5.32 Å². The van der Waals surface area contributed by atoms with Crippen LogP contribution in [0.3, 0.4) is 0 Å². The third-order valence-corrected chi connectivity index (χ3v) is 12.6. The minimum atomic E-state index is -4.45. The molecule has 0 saturated carbocycles. The van der Waals surface area contributed by atoms with Gasteiger partial charge in [-0.2, -0.15) is 0 Å². The lowest BCUT2D eigenvalue weighted by atomic mass is 10.0. The molecule has 1 amide bonds. The number of phosphoric acid groups is 1. The van der Waals surface area contributed by atoms with Crippen LogP contribution in [0.1, 0.15) is 226 Å². The van der Waals surface area contributed by atoms with Crippen LogP contribution in [0.25, 0.3) is 0 Å². The van der Waals surface area contributed by atoms with Gasteiger partial charge in [0.25, 0.3) is 0 Å². The van der Waals surface area contributed by atoms with Crippen LogP contribution < -0.4 is 5.32 Å². The lowest BCUT2D eigenvalue weighted by Crippen LogP contribution is -2.47. The number of esters is 1. The second kappa shape index (κ2) is 47.1. The van der Waals surface area contributed by atoms with E-state index in [4.69, 9.17) is 13.8 Å². The van der Waals surface area contributed by atoms with Gasteiger partial charge in [-0.3, -0.25) is 18.6 Å². The van der Waals surface area contributed by atoms with E-state index < -0.39 is 20.0 Å². The Kier molecular flexibility index (Phi) is 45.3. The zero-order valence-electron chi connectivity index (χ0n) is 44.1. The molecular weight excluding hydrogens is 856 g/mol. The molecule has 0 spiro atoms. The van der Waals surface area contributed by atoms with Gasteiger partial charge in [-0.1, -0.05) is 197 Å². The van der Waals surface area contributed by atoms with Crippen molar-refractivity contribution in [1.29, 1.82) is 0 Å². The standard InChI is InChI=1S/C57H103N2O7P/c1-7-10-13-16-19-22-25-27-28-29-30-32-35-38-41-44-47-50-57(61)66-55(48-45-42-39-36-34-31-26-23-20-17-14-11-8-2)54(53-65-67(62,63)64-52-51-59(4,5)6)58-56(60)49-46-43-40-37-33-24-21-18-15-12-9-3/h18-19,21-22,27-28,30,32,38,41,45,48,54-55H,7-17,20,23-26,29,31,33-37,39-40,42-44,46-47,49-53H2,1-6H3,(H-,58,60,62,63)/p+1/b21-18-,22-19-,28-27-,32-30-,41-38-,48-45-. The first-order valence-corrected chi connectivity index (χ1v) is 28.8. The van der Waals surface area contributed by atoms with Gasteiger partial charge < -0.3 is 19.4 Å². The van der Waals surface area contributed by atoms with Crippen molar-refractivity contribution in [2.75, 3.05) is 40.9 Å². The Morgan fingerprint density at radius 3 is 1.48 bits per heavy atom. The van der Waals surface area contributed by atoms with E-state index in [2.05, 4.69) is 86.8 Å². The topological polar surface area (TPSA) is 111 Å². The summed E-state index contributed by atoms with van der Waals surface area (Å²) in [5, 5.41) is 3.02. The lowest BCUT2D eigenvalue weighted by Gasteiger charge is -2.27. The number of hydrogen-bond acceptors (Lipinski definition) is 6. The Bertz CT molecular complexity index is 1380. The highest BCUT2D eigenvalue weighted by atomic mass is 31.2. The summed E-state index contributed by atoms with van der Waals surface area (Å²) in [4.78, 5) is 37.4. The predicted molar refractivity (Wildman–Crippen MR) is 286 cm³/mol. The van der Waals surface area contributed by atoms with Gasteiger partial charge in [0.15, 0.2) is 0 Å². The van der Waals surface area contributed by atoms with Gasteiger partial charge in [0.1, 0.15) is 19.3 Å². The SMILES string of the molecule is CCCC/C=C\CCCCCCCC(=O)NC(COP(=O)(O)OCC[N+](C)(C)C)C(/C=C\CCCCCCCCCCCCC)OC(=O)CCC/C=C\C/C=C\C/C=C\C/C=C\CCCCC. The summed E-state index contributed by atoms with van der Waals surface area (Å²) in [6.07, 6.45) is 59.0. The molecule has 0 aromatic heterocycles. The smallest absolute Gasteiger partial charge is 0.456 e. The van der Waals surface area contributed by atoms with Gasteiger partial charge >= 0.3 is 13.8 Å². The van der Waals surface area contributed by atoms with Gasteiger partial charge in [0.05, 0.1) is 33.8 Å². The van der Waals surface area contributed by atoms with Crippen LogP contribution in [-0.2, 0) is 27.9 Å². The predicted octanol–water partition coefficient (Wildman–Crippen LogP) is 16.1. The molecule has 0 aliphatic carbocycles. The van der Waals surface area contributed by atoms with Crippen LogP contribution in [0.4, 0.5) is 0 Å². The normalized spacial score (nSPS) is 14.4. The second-order valence-electron chi connectivity index (χ2n) is 19.4. The lowest BCUT2D eigenvalue weighted by molar-refractivity contribution is -0.870. The number of carbonyl (C=O) groups is 2. The highest BCUT2D eigenvalue weighted by molar-refractivity contribution is 7.47. The monoisotopic (exact) mass is 960 g/mol. The number of allylic oxidation sites excluding steroid dienone is 11. The van der Waals surface area contributed by atoms with Gasteiger partial charge in [0, 0.05) is 12.8 Å². The Balaban J connectivity index is 5.51. The minimum absolute atomic E-state index is 0.0279. The average molecular weight is 960 g/mol. The zero-order valence-corrected chi connectivity index (χ0v) is 45.0. The maximum absolute atomic E-state index is 13.4. The molecule has 0 heterocycles. The number of nitrogens with one attached hydrogen (secondary N) is 1. The maximum atomic E-state index is 13.4. The minimum Gasteiger partial charge on any atom is -0.456 e. The summed E-state index contributed by atoms with van der Waals surface area (Å²) in [6, 6.07) is -0.875. The molecule has 9 nitrogen and oxygen atoms in total. The average Bonchev–Trinajstić information content (AvgIpc) is 3.28. The largest absolute Gasteiger partial charge is 0.472 e. The number of quaternary nitrogens is 1. The third-order valence-electron chi connectivity index (χ3n) is 11.6. The molecular formula is C57H104N2O7P+. The van der Waals surface area contributed by atoms with E-state index in [1.807, 2.05) is 33.3 Å². The van der Waals surface area contributed by atoms with E-state index in [0.717, 1.165) is 89.9 Å². The summed E-state index contributed by atoms with van der Waals surface area (Å²) < 4.78 is 30.5. The van der Waals surface area contributed by atoms with Crippen molar-refractivity contribution in [3.8, 4) is 0 Å². The molecule has 0 aromatic rings. The fourth-order valence-corrected chi connectivity index (χ4v) is 8.06. The van der Waals surface area contributed by atoms with Crippen LogP contribution in [0.5, 0.6) is 0 Å². The van der Waals surface area contributed by atoms with Crippen LogP contribution in [0, 0.1) is 0 Å². The molecule has 388 valence electrons. The summed E-state index contributed by atoms with van der Waals surface area (Å²) in [6.45, 7) is 6.88. The molecule has 0 saturated heterocycles. The summed E-state index contributed by atoms with van der Waals surface area (Å²) >= 11 is 0. The molecule has 0 fully saturated rings. The van der Waals surface area contributed by atoms with Crippen molar-refractivity contribution < 1.29 is 37.3 Å². The number of carbonyl (C=O) groups excluding carboxylic acids is 2. The molecule has 10 heteroatoms. The van der Waals surface area contributed by atoms with E-state index in [9.17, 15) is 19.0 Å².